The molecular formula is C17H26N2O. The normalized spacial score (nSPS) is 22.3. The highest BCUT2D eigenvalue weighted by atomic mass is 16.1. The van der Waals surface area contributed by atoms with Crippen molar-refractivity contribution in [2.24, 2.45) is 5.92 Å². The van der Waals surface area contributed by atoms with Crippen molar-refractivity contribution in [2.45, 2.75) is 52.0 Å². The summed E-state index contributed by atoms with van der Waals surface area (Å²) in [7, 11) is 0. The summed E-state index contributed by atoms with van der Waals surface area (Å²) in [4.78, 5) is 12.4. The Morgan fingerprint density at radius 2 is 1.90 bits per heavy atom. The Hall–Kier alpha value is -1.51. The SMILES string of the molecule is CCCNc1ccccc1C(=O)NC1CCC(C)CC1. The molecule has 0 radical (unpaired) electrons. The largest absolute Gasteiger partial charge is 0.384 e. The van der Waals surface area contributed by atoms with E-state index in [-0.39, 0.29) is 5.91 Å². The van der Waals surface area contributed by atoms with Crippen LogP contribution in [-0.4, -0.2) is 18.5 Å². The number of anilines is 1. The van der Waals surface area contributed by atoms with E-state index in [0.717, 1.165) is 43.0 Å². The highest BCUT2D eigenvalue weighted by Gasteiger charge is 2.21. The molecule has 1 aliphatic carbocycles. The molecule has 0 atom stereocenters. The topological polar surface area (TPSA) is 41.1 Å². The molecular weight excluding hydrogens is 248 g/mol. The molecule has 0 aromatic heterocycles. The van der Waals surface area contributed by atoms with Gasteiger partial charge in [0.25, 0.3) is 5.91 Å². The fourth-order valence-corrected chi connectivity index (χ4v) is 2.76. The van der Waals surface area contributed by atoms with E-state index in [1.165, 1.54) is 12.8 Å². The van der Waals surface area contributed by atoms with Gasteiger partial charge in [0.05, 0.1) is 5.56 Å². The van der Waals surface area contributed by atoms with Gasteiger partial charge in [-0.05, 0) is 50.2 Å². The van der Waals surface area contributed by atoms with E-state index >= 15 is 0 Å². The Kier molecular flexibility index (Phi) is 5.45. The van der Waals surface area contributed by atoms with Gasteiger partial charge in [-0.25, -0.2) is 0 Å². The first-order chi connectivity index (χ1) is 9.70. The number of hydrogen-bond donors (Lipinski definition) is 2. The van der Waals surface area contributed by atoms with Crippen LogP contribution in [-0.2, 0) is 0 Å². The summed E-state index contributed by atoms with van der Waals surface area (Å²) in [6.45, 7) is 5.31. The van der Waals surface area contributed by atoms with E-state index in [4.69, 9.17) is 0 Å². The van der Waals surface area contributed by atoms with E-state index in [9.17, 15) is 4.79 Å². The van der Waals surface area contributed by atoms with E-state index in [2.05, 4.69) is 24.5 Å². The molecule has 0 heterocycles. The molecule has 20 heavy (non-hydrogen) atoms. The highest BCUT2D eigenvalue weighted by Crippen LogP contribution is 2.24. The standard InChI is InChI=1S/C17H26N2O/c1-3-12-18-16-7-5-4-6-15(16)17(20)19-14-10-8-13(2)9-11-14/h4-7,13-14,18H,3,8-12H2,1-2H3,(H,19,20). The highest BCUT2D eigenvalue weighted by molar-refractivity contribution is 5.99. The average Bonchev–Trinajstić information content (AvgIpc) is 2.47. The predicted octanol–water partition coefficient (Wildman–Crippen LogP) is 3.82. The van der Waals surface area contributed by atoms with E-state index in [1.807, 2.05) is 24.3 Å². The van der Waals surface area contributed by atoms with Crippen molar-refractivity contribution in [3.05, 3.63) is 29.8 Å². The predicted molar refractivity (Wildman–Crippen MR) is 84.1 cm³/mol. The third-order valence-corrected chi connectivity index (χ3v) is 4.09. The summed E-state index contributed by atoms with van der Waals surface area (Å²) >= 11 is 0. The first kappa shape index (κ1) is 14.9. The minimum atomic E-state index is 0.0590. The zero-order valence-corrected chi connectivity index (χ0v) is 12.6. The van der Waals surface area contributed by atoms with Crippen LogP contribution in [0.1, 0.15) is 56.3 Å². The fraction of sp³-hybridized carbons (Fsp3) is 0.588. The smallest absolute Gasteiger partial charge is 0.253 e. The van der Waals surface area contributed by atoms with Crippen molar-refractivity contribution < 1.29 is 4.79 Å². The maximum Gasteiger partial charge on any atom is 0.253 e. The van der Waals surface area contributed by atoms with E-state index in [1.54, 1.807) is 0 Å². The van der Waals surface area contributed by atoms with Gasteiger partial charge in [0.2, 0.25) is 0 Å². The van der Waals surface area contributed by atoms with Gasteiger partial charge in [0, 0.05) is 18.3 Å². The van der Waals surface area contributed by atoms with Crippen LogP contribution < -0.4 is 10.6 Å². The van der Waals surface area contributed by atoms with Gasteiger partial charge in [0.15, 0.2) is 0 Å². The molecule has 2 N–H and O–H groups in total. The van der Waals surface area contributed by atoms with Gasteiger partial charge < -0.3 is 10.6 Å². The number of benzene rings is 1. The van der Waals surface area contributed by atoms with E-state index in [0.29, 0.717) is 6.04 Å². The molecule has 0 aliphatic heterocycles. The second kappa shape index (κ2) is 7.32. The molecule has 0 unspecified atom stereocenters. The average molecular weight is 274 g/mol. The number of carbonyl (C=O) groups excluding carboxylic acids is 1. The van der Waals surface area contributed by atoms with Crippen LogP contribution in [0, 0.1) is 5.92 Å². The molecule has 2 rings (SSSR count). The van der Waals surface area contributed by atoms with Crippen LogP contribution in [0.5, 0.6) is 0 Å². The Bertz CT molecular complexity index is 436. The van der Waals surface area contributed by atoms with Crippen LogP contribution in [0.25, 0.3) is 0 Å². The molecule has 0 saturated heterocycles. The molecule has 0 bridgehead atoms. The number of nitrogens with one attached hydrogen (secondary N) is 2. The molecule has 3 nitrogen and oxygen atoms in total. The van der Waals surface area contributed by atoms with Crippen molar-refractivity contribution in [2.75, 3.05) is 11.9 Å². The third-order valence-electron chi connectivity index (χ3n) is 4.09. The lowest BCUT2D eigenvalue weighted by Crippen LogP contribution is -2.37. The summed E-state index contributed by atoms with van der Waals surface area (Å²) in [5.74, 6) is 0.866. The first-order valence-corrected chi connectivity index (χ1v) is 7.84. The summed E-state index contributed by atoms with van der Waals surface area (Å²) in [6, 6.07) is 8.12. The number of rotatable bonds is 5. The lowest BCUT2D eigenvalue weighted by atomic mass is 9.87. The fourth-order valence-electron chi connectivity index (χ4n) is 2.76. The summed E-state index contributed by atoms with van der Waals surface area (Å²) < 4.78 is 0. The van der Waals surface area contributed by atoms with Crippen LogP contribution >= 0.6 is 0 Å². The Labute approximate surface area is 122 Å². The molecule has 1 fully saturated rings. The maximum atomic E-state index is 12.4. The Morgan fingerprint density at radius 1 is 1.20 bits per heavy atom. The van der Waals surface area contributed by atoms with Gasteiger partial charge in [-0.2, -0.15) is 0 Å². The van der Waals surface area contributed by atoms with Crippen molar-refractivity contribution in [1.82, 2.24) is 5.32 Å². The second-order valence-corrected chi connectivity index (χ2v) is 5.90. The second-order valence-electron chi connectivity index (χ2n) is 5.90. The van der Waals surface area contributed by atoms with Gasteiger partial charge in [0.1, 0.15) is 0 Å². The number of amides is 1. The zero-order chi connectivity index (χ0) is 14.4. The van der Waals surface area contributed by atoms with Crippen molar-refractivity contribution in [1.29, 1.82) is 0 Å². The summed E-state index contributed by atoms with van der Waals surface area (Å²) in [6.07, 6.45) is 5.72. The molecule has 1 saturated carbocycles. The molecule has 110 valence electrons. The minimum Gasteiger partial charge on any atom is -0.384 e. The lowest BCUT2D eigenvalue weighted by molar-refractivity contribution is 0.0924. The van der Waals surface area contributed by atoms with Crippen molar-refractivity contribution in [3.8, 4) is 0 Å². The molecule has 3 heteroatoms. The molecule has 1 aromatic rings. The van der Waals surface area contributed by atoms with Gasteiger partial charge in [-0.1, -0.05) is 26.0 Å². The van der Waals surface area contributed by atoms with Gasteiger partial charge in [-0.3, -0.25) is 4.79 Å². The van der Waals surface area contributed by atoms with Crippen LogP contribution in [0.3, 0.4) is 0 Å². The Morgan fingerprint density at radius 3 is 2.60 bits per heavy atom. The summed E-state index contributed by atoms with van der Waals surface area (Å²) in [5, 5.41) is 6.52. The number of para-hydroxylation sites is 1. The van der Waals surface area contributed by atoms with E-state index < -0.39 is 0 Å². The van der Waals surface area contributed by atoms with Crippen molar-refractivity contribution in [3.63, 3.8) is 0 Å². The number of hydrogen-bond acceptors (Lipinski definition) is 2. The van der Waals surface area contributed by atoms with Gasteiger partial charge >= 0.3 is 0 Å². The zero-order valence-electron chi connectivity index (χ0n) is 12.6. The minimum absolute atomic E-state index is 0.0590. The van der Waals surface area contributed by atoms with Crippen LogP contribution in [0.2, 0.25) is 0 Å². The lowest BCUT2D eigenvalue weighted by Gasteiger charge is -2.27. The Balaban J connectivity index is 1.98. The molecule has 1 amide bonds. The van der Waals surface area contributed by atoms with Crippen LogP contribution in [0.15, 0.2) is 24.3 Å². The molecule has 0 spiro atoms. The number of carbonyl (C=O) groups is 1. The first-order valence-electron chi connectivity index (χ1n) is 7.84. The maximum absolute atomic E-state index is 12.4. The molecule has 1 aliphatic rings. The van der Waals surface area contributed by atoms with Crippen LogP contribution in [0.4, 0.5) is 5.69 Å². The summed E-state index contributed by atoms with van der Waals surface area (Å²) in [5.41, 5.74) is 1.70. The quantitative estimate of drug-likeness (QED) is 0.857. The molecule has 1 aromatic carbocycles. The van der Waals surface area contributed by atoms with Crippen molar-refractivity contribution >= 4 is 11.6 Å². The third kappa shape index (κ3) is 3.99. The van der Waals surface area contributed by atoms with Gasteiger partial charge in [-0.15, -0.1) is 0 Å². The monoisotopic (exact) mass is 274 g/mol.